The summed E-state index contributed by atoms with van der Waals surface area (Å²) in [4.78, 5) is 10.5. The largest absolute Gasteiger partial charge is 0.346 e. The zero-order chi connectivity index (χ0) is 5.98. The molecule has 0 saturated carbocycles. The van der Waals surface area contributed by atoms with Crippen molar-refractivity contribution in [2.75, 3.05) is 6.54 Å². The molecule has 1 atom stereocenters. The van der Waals surface area contributed by atoms with Gasteiger partial charge in [0.25, 0.3) is 5.24 Å². The summed E-state index contributed by atoms with van der Waals surface area (Å²) in [6.07, 6.45) is 1.09. The molecule has 46 valence electrons. The summed E-state index contributed by atoms with van der Waals surface area (Å²) in [6, 6.07) is 0. The maximum Gasteiger partial charge on any atom is 0.279 e. The van der Waals surface area contributed by atoms with E-state index in [1.165, 1.54) is 11.8 Å². The van der Waals surface area contributed by atoms with Gasteiger partial charge in [0.15, 0.2) is 0 Å². The first-order valence-electron chi connectivity index (χ1n) is 2.77. The van der Waals surface area contributed by atoms with Crippen molar-refractivity contribution >= 4 is 17.0 Å². The van der Waals surface area contributed by atoms with Crippen molar-refractivity contribution in [3.05, 3.63) is 0 Å². The summed E-state index contributed by atoms with van der Waals surface area (Å²) in [5.41, 5.74) is 0. The molecule has 0 bridgehead atoms. The number of thioether (sulfide) groups is 1. The zero-order valence-corrected chi connectivity index (χ0v) is 5.62. The van der Waals surface area contributed by atoms with E-state index in [0.29, 0.717) is 5.25 Å². The van der Waals surface area contributed by atoms with Crippen LogP contribution in [0.15, 0.2) is 0 Å². The third kappa shape index (κ3) is 1.15. The van der Waals surface area contributed by atoms with Crippen LogP contribution < -0.4 is 5.32 Å². The second-order valence-corrected chi connectivity index (χ2v) is 3.09. The lowest BCUT2D eigenvalue weighted by Crippen LogP contribution is -2.13. The van der Waals surface area contributed by atoms with Gasteiger partial charge in [-0.2, -0.15) is 0 Å². The molecule has 1 heterocycles. The highest BCUT2D eigenvalue weighted by molar-refractivity contribution is 8.14. The van der Waals surface area contributed by atoms with E-state index in [4.69, 9.17) is 0 Å². The Hall–Kier alpha value is -0.180. The minimum atomic E-state index is 0.136. The fourth-order valence-corrected chi connectivity index (χ4v) is 1.46. The summed E-state index contributed by atoms with van der Waals surface area (Å²) in [5, 5.41) is 3.41. The summed E-state index contributed by atoms with van der Waals surface area (Å²) in [5.74, 6) is 0. The van der Waals surface area contributed by atoms with Crippen LogP contribution in [0.4, 0.5) is 4.79 Å². The number of nitrogens with one attached hydrogen (secondary N) is 1. The normalized spacial score (nSPS) is 28.1. The van der Waals surface area contributed by atoms with E-state index >= 15 is 0 Å². The molecule has 2 nitrogen and oxygen atoms in total. The van der Waals surface area contributed by atoms with Gasteiger partial charge in [0, 0.05) is 11.8 Å². The first kappa shape index (κ1) is 5.95. The van der Waals surface area contributed by atoms with Gasteiger partial charge in [-0.1, -0.05) is 18.7 Å². The fraction of sp³-hybridized carbons (Fsp3) is 0.800. The van der Waals surface area contributed by atoms with E-state index < -0.39 is 0 Å². The lowest BCUT2D eigenvalue weighted by molar-refractivity contribution is 0.262. The summed E-state index contributed by atoms with van der Waals surface area (Å²) in [6.45, 7) is 2.96. The first-order valence-corrected chi connectivity index (χ1v) is 3.65. The number of carbonyl (C=O) groups is 1. The Kier molecular flexibility index (Phi) is 1.78. The van der Waals surface area contributed by atoms with Gasteiger partial charge >= 0.3 is 0 Å². The SMILES string of the molecule is CCC1CNC(=O)S1. The van der Waals surface area contributed by atoms with Crippen LogP contribution in [0.25, 0.3) is 0 Å². The smallest absolute Gasteiger partial charge is 0.279 e. The highest BCUT2D eigenvalue weighted by atomic mass is 32.2. The number of carbonyl (C=O) groups excluding carboxylic acids is 1. The molecule has 1 fully saturated rings. The van der Waals surface area contributed by atoms with Crippen molar-refractivity contribution in [2.45, 2.75) is 18.6 Å². The Morgan fingerprint density at radius 1 is 2.00 bits per heavy atom. The predicted molar refractivity (Wildman–Crippen MR) is 35.1 cm³/mol. The van der Waals surface area contributed by atoms with Crippen LogP contribution in [-0.2, 0) is 0 Å². The Balaban J connectivity index is 2.32. The maximum atomic E-state index is 10.5. The topological polar surface area (TPSA) is 29.1 Å². The van der Waals surface area contributed by atoms with E-state index in [1.54, 1.807) is 0 Å². The molecule has 1 aliphatic heterocycles. The molecule has 0 aromatic heterocycles. The van der Waals surface area contributed by atoms with Gasteiger partial charge in [0.1, 0.15) is 0 Å². The van der Waals surface area contributed by atoms with Gasteiger partial charge in [-0.3, -0.25) is 4.79 Å². The highest BCUT2D eigenvalue weighted by Crippen LogP contribution is 2.19. The van der Waals surface area contributed by atoms with Crippen LogP contribution in [0, 0.1) is 0 Å². The van der Waals surface area contributed by atoms with E-state index in [2.05, 4.69) is 12.2 Å². The van der Waals surface area contributed by atoms with Crippen molar-refractivity contribution in [1.82, 2.24) is 5.32 Å². The Morgan fingerprint density at radius 3 is 3.00 bits per heavy atom. The maximum absolute atomic E-state index is 10.5. The third-order valence-electron chi connectivity index (χ3n) is 1.20. The van der Waals surface area contributed by atoms with E-state index in [9.17, 15) is 4.79 Å². The second-order valence-electron chi connectivity index (χ2n) is 1.82. The molecule has 1 aliphatic rings. The van der Waals surface area contributed by atoms with Crippen LogP contribution in [0.1, 0.15) is 13.3 Å². The summed E-state index contributed by atoms with van der Waals surface area (Å²) >= 11 is 1.42. The summed E-state index contributed by atoms with van der Waals surface area (Å²) in [7, 11) is 0. The van der Waals surface area contributed by atoms with Gasteiger partial charge in [-0.25, -0.2) is 0 Å². The molecule has 0 aromatic rings. The molecule has 0 radical (unpaired) electrons. The van der Waals surface area contributed by atoms with Gasteiger partial charge < -0.3 is 5.32 Å². The molecule has 1 N–H and O–H groups in total. The lowest BCUT2D eigenvalue weighted by atomic mass is 10.3. The molecule has 1 rings (SSSR count). The number of hydrogen-bond donors (Lipinski definition) is 1. The van der Waals surface area contributed by atoms with E-state index in [-0.39, 0.29) is 5.24 Å². The van der Waals surface area contributed by atoms with Crippen molar-refractivity contribution in [1.29, 1.82) is 0 Å². The molecule has 8 heavy (non-hydrogen) atoms. The fourth-order valence-electron chi connectivity index (χ4n) is 0.660. The standard InChI is InChI=1S/C5H9NOS/c1-2-4-3-6-5(7)8-4/h4H,2-3H2,1H3,(H,6,7). The first-order chi connectivity index (χ1) is 3.83. The molecule has 0 aliphatic carbocycles. The minimum Gasteiger partial charge on any atom is -0.346 e. The van der Waals surface area contributed by atoms with E-state index in [1.807, 2.05) is 0 Å². The van der Waals surface area contributed by atoms with E-state index in [0.717, 1.165) is 13.0 Å². The van der Waals surface area contributed by atoms with Gasteiger partial charge in [0.2, 0.25) is 0 Å². The molecule has 1 saturated heterocycles. The molecule has 1 unspecified atom stereocenters. The average molecular weight is 131 g/mol. The molecule has 3 heteroatoms. The third-order valence-corrected chi connectivity index (χ3v) is 2.39. The average Bonchev–Trinajstić information content (AvgIpc) is 2.14. The van der Waals surface area contributed by atoms with Gasteiger partial charge in [0.05, 0.1) is 0 Å². The van der Waals surface area contributed by atoms with Crippen LogP contribution >= 0.6 is 11.8 Å². The van der Waals surface area contributed by atoms with Crippen molar-refractivity contribution in [3.8, 4) is 0 Å². The van der Waals surface area contributed by atoms with Crippen LogP contribution in [0.3, 0.4) is 0 Å². The molecule has 0 aromatic carbocycles. The van der Waals surface area contributed by atoms with Crippen LogP contribution in [0.5, 0.6) is 0 Å². The number of amides is 1. The van der Waals surface area contributed by atoms with Crippen molar-refractivity contribution in [2.24, 2.45) is 0 Å². The monoisotopic (exact) mass is 131 g/mol. The van der Waals surface area contributed by atoms with Crippen LogP contribution in [-0.4, -0.2) is 17.0 Å². The Bertz CT molecular complexity index is 105. The molecular formula is C5H9NOS. The number of rotatable bonds is 1. The molecular weight excluding hydrogens is 122 g/mol. The lowest BCUT2D eigenvalue weighted by Gasteiger charge is -1.96. The Morgan fingerprint density at radius 2 is 2.75 bits per heavy atom. The predicted octanol–water partition coefficient (Wildman–Crippen LogP) is 1.22. The number of hydrogen-bond acceptors (Lipinski definition) is 2. The van der Waals surface area contributed by atoms with Gasteiger partial charge in [-0.15, -0.1) is 0 Å². The minimum absolute atomic E-state index is 0.136. The molecule has 1 amide bonds. The molecule has 0 spiro atoms. The quantitative estimate of drug-likeness (QED) is 0.579. The van der Waals surface area contributed by atoms with Crippen LogP contribution in [0.2, 0.25) is 0 Å². The zero-order valence-electron chi connectivity index (χ0n) is 4.81. The Labute approximate surface area is 53.0 Å². The second kappa shape index (κ2) is 2.40. The van der Waals surface area contributed by atoms with Crippen molar-refractivity contribution in [3.63, 3.8) is 0 Å². The highest BCUT2D eigenvalue weighted by Gasteiger charge is 2.19. The van der Waals surface area contributed by atoms with Gasteiger partial charge in [-0.05, 0) is 6.42 Å². The summed E-state index contributed by atoms with van der Waals surface area (Å²) < 4.78 is 0. The van der Waals surface area contributed by atoms with Crippen molar-refractivity contribution < 1.29 is 4.79 Å².